The summed E-state index contributed by atoms with van der Waals surface area (Å²) >= 11 is 3.51. The number of alkyl halides is 1. The standard InChI is InChI=1S/C14H18BrNO5/c1-9-3-4-12(11(7-9)16(17)18)21-13-8-10(15)14(13)20-6-5-19-2/h3-4,7,10,13-14H,5-6,8H2,1-2H3. The minimum absolute atomic E-state index is 0.0105. The molecule has 0 heterocycles. The van der Waals surface area contributed by atoms with E-state index in [1.54, 1.807) is 19.2 Å². The molecule has 0 bridgehead atoms. The summed E-state index contributed by atoms with van der Waals surface area (Å²) in [4.78, 5) is 10.9. The van der Waals surface area contributed by atoms with Gasteiger partial charge in [-0.15, -0.1) is 0 Å². The number of hydrogen-bond donors (Lipinski definition) is 0. The van der Waals surface area contributed by atoms with Crippen LogP contribution in [0.2, 0.25) is 0 Å². The third-order valence-corrected chi connectivity index (χ3v) is 4.26. The number of rotatable bonds is 7. The minimum atomic E-state index is -0.423. The lowest BCUT2D eigenvalue weighted by molar-refractivity contribution is -0.386. The number of benzene rings is 1. The summed E-state index contributed by atoms with van der Waals surface area (Å²) in [7, 11) is 1.61. The van der Waals surface area contributed by atoms with Crippen LogP contribution in [0.1, 0.15) is 12.0 Å². The van der Waals surface area contributed by atoms with Crippen molar-refractivity contribution in [2.75, 3.05) is 20.3 Å². The van der Waals surface area contributed by atoms with E-state index in [1.807, 2.05) is 6.92 Å². The molecule has 3 unspecified atom stereocenters. The van der Waals surface area contributed by atoms with Crippen LogP contribution in [0.3, 0.4) is 0 Å². The fraction of sp³-hybridized carbons (Fsp3) is 0.571. The number of nitro benzene ring substituents is 1. The first-order valence-electron chi connectivity index (χ1n) is 6.69. The van der Waals surface area contributed by atoms with Gasteiger partial charge in [-0.1, -0.05) is 22.0 Å². The van der Waals surface area contributed by atoms with Gasteiger partial charge in [0, 0.05) is 24.4 Å². The largest absolute Gasteiger partial charge is 0.481 e. The van der Waals surface area contributed by atoms with Crippen LogP contribution in [-0.2, 0) is 9.47 Å². The van der Waals surface area contributed by atoms with Crippen molar-refractivity contribution in [3.63, 3.8) is 0 Å². The Morgan fingerprint density at radius 3 is 2.81 bits per heavy atom. The summed E-state index contributed by atoms with van der Waals surface area (Å²) in [6.07, 6.45) is 0.441. The molecule has 0 aliphatic heterocycles. The van der Waals surface area contributed by atoms with Crippen LogP contribution >= 0.6 is 15.9 Å². The summed E-state index contributed by atoms with van der Waals surface area (Å²) < 4.78 is 16.4. The molecule has 1 aliphatic rings. The van der Waals surface area contributed by atoms with Gasteiger partial charge in [0.15, 0.2) is 5.75 Å². The number of nitro groups is 1. The molecule has 0 N–H and O–H groups in total. The Balaban J connectivity index is 2.03. The van der Waals surface area contributed by atoms with Gasteiger partial charge in [0.1, 0.15) is 12.2 Å². The first-order valence-corrected chi connectivity index (χ1v) is 7.60. The first-order chi connectivity index (χ1) is 10.0. The van der Waals surface area contributed by atoms with Gasteiger partial charge in [0.25, 0.3) is 0 Å². The molecule has 1 aromatic rings. The zero-order chi connectivity index (χ0) is 15.4. The summed E-state index contributed by atoms with van der Waals surface area (Å²) in [5.74, 6) is 0.287. The van der Waals surface area contributed by atoms with Gasteiger partial charge in [0.2, 0.25) is 0 Å². The molecule has 6 nitrogen and oxygen atoms in total. The number of nitrogens with zero attached hydrogens (tertiary/aromatic N) is 1. The quantitative estimate of drug-likeness (QED) is 0.324. The van der Waals surface area contributed by atoms with Crippen LogP contribution in [0.4, 0.5) is 5.69 Å². The number of methoxy groups -OCH3 is 1. The molecule has 0 radical (unpaired) electrons. The van der Waals surface area contributed by atoms with Crippen molar-refractivity contribution in [1.29, 1.82) is 0 Å². The van der Waals surface area contributed by atoms with E-state index in [0.717, 1.165) is 12.0 Å². The number of ether oxygens (including phenoxy) is 3. The number of halogens is 1. The number of aryl methyl sites for hydroxylation is 1. The van der Waals surface area contributed by atoms with E-state index in [9.17, 15) is 10.1 Å². The summed E-state index contributed by atoms with van der Waals surface area (Å²) in [6.45, 7) is 2.79. The van der Waals surface area contributed by atoms with E-state index in [4.69, 9.17) is 14.2 Å². The van der Waals surface area contributed by atoms with Crippen LogP contribution in [0.5, 0.6) is 5.75 Å². The van der Waals surface area contributed by atoms with Crippen molar-refractivity contribution in [2.24, 2.45) is 0 Å². The molecule has 0 saturated heterocycles. The van der Waals surface area contributed by atoms with Crippen molar-refractivity contribution < 1.29 is 19.1 Å². The summed E-state index contributed by atoms with van der Waals surface area (Å²) in [6, 6.07) is 4.95. The average Bonchev–Trinajstić information content (AvgIpc) is 2.44. The topological polar surface area (TPSA) is 70.8 Å². The van der Waals surface area contributed by atoms with Crippen molar-refractivity contribution >= 4 is 21.6 Å². The summed E-state index contributed by atoms with van der Waals surface area (Å²) in [5.41, 5.74) is 0.817. The average molecular weight is 360 g/mol. The van der Waals surface area contributed by atoms with Gasteiger partial charge in [-0.05, 0) is 18.6 Å². The van der Waals surface area contributed by atoms with Crippen LogP contribution in [0, 0.1) is 17.0 Å². The molecular formula is C14H18BrNO5. The van der Waals surface area contributed by atoms with Gasteiger partial charge < -0.3 is 14.2 Å². The fourth-order valence-corrected chi connectivity index (χ4v) is 3.02. The predicted octanol–water partition coefficient (Wildman–Crippen LogP) is 2.85. The Morgan fingerprint density at radius 1 is 1.43 bits per heavy atom. The first kappa shape index (κ1) is 16.2. The second-order valence-corrected chi connectivity index (χ2v) is 6.14. The monoisotopic (exact) mass is 359 g/mol. The molecule has 7 heteroatoms. The maximum absolute atomic E-state index is 11.1. The second-order valence-electron chi connectivity index (χ2n) is 4.96. The fourth-order valence-electron chi connectivity index (χ4n) is 2.15. The number of hydrogen-bond acceptors (Lipinski definition) is 5. The Kier molecular flexibility index (Phi) is 5.55. The van der Waals surface area contributed by atoms with Crippen LogP contribution in [-0.4, -0.2) is 42.3 Å². The molecule has 3 atom stereocenters. The lowest BCUT2D eigenvalue weighted by Crippen LogP contribution is -2.52. The van der Waals surface area contributed by atoms with E-state index < -0.39 is 4.92 Å². The molecule has 21 heavy (non-hydrogen) atoms. The highest BCUT2D eigenvalue weighted by molar-refractivity contribution is 9.09. The molecular weight excluding hydrogens is 342 g/mol. The van der Waals surface area contributed by atoms with Crippen LogP contribution < -0.4 is 4.74 Å². The van der Waals surface area contributed by atoms with Gasteiger partial charge >= 0.3 is 5.69 Å². The van der Waals surface area contributed by atoms with Gasteiger partial charge in [-0.3, -0.25) is 10.1 Å². The van der Waals surface area contributed by atoms with Gasteiger partial charge in [0.05, 0.1) is 18.1 Å². The Labute approximate surface area is 131 Å². The molecule has 1 saturated carbocycles. The lowest BCUT2D eigenvalue weighted by atomic mass is 9.91. The van der Waals surface area contributed by atoms with Crippen LogP contribution in [0.15, 0.2) is 18.2 Å². The highest BCUT2D eigenvalue weighted by Gasteiger charge is 2.43. The van der Waals surface area contributed by atoms with E-state index >= 15 is 0 Å². The molecule has 1 fully saturated rings. The molecule has 116 valence electrons. The van der Waals surface area contributed by atoms with Crippen molar-refractivity contribution in [3.05, 3.63) is 33.9 Å². The third kappa shape index (κ3) is 3.93. The predicted molar refractivity (Wildman–Crippen MR) is 81.2 cm³/mol. The summed E-state index contributed by atoms with van der Waals surface area (Å²) in [5, 5.41) is 11.1. The minimum Gasteiger partial charge on any atom is -0.481 e. The second kappa shape index (κ2) is 7.20. The van der Waals surface area contributed by atoms with Gasteiger partial charge in [-0.25, -0.2) is 0 Å². The van der Waals surface area contributed by atoms with Crippen molar-refractivity contribution in [1.82, 2.24) is 0 Å². The maximum Gasteiger partial charge on any atom is 0.311 e. The molecule has 1 aromatic carbocycles. The normalized spacial score (nSPS) is 24.4. The van der Waals surface area contributed by atoms with Crippen LogP contribution in [0.25, 0.3) is 0 Å². The van der Waals surface area contributed by atoms with Crippen molar-refractivity contribution in [3.8, 4) is 5.75 Å². The van der Waals surface area contributed by atoms with E-state index in [2.05, 4.69) is 15.9 Å². The SMILES string of the molecule is COCCOC1C(Br)CC1Oc1ccc(C)cc1[N+](=O)[O-]. The molecule has 0 spiro atoms. The van der Waals surface area contributed by atoms with E-state index in [-0.39, 0.29) is 28.5 Å². The molecule has 1 aliphatic carbocycles. The van der Waals surface area contributed by atoms with E-state index in [1.165, 1.54) is 6.07 Å². The van der Waals surface area contributed by atoms with Crippen molar-refractivity contribution in [2.45, 2.75) is 30.4 Å². The maximum atomic E-state index is 11.1. The Hall–Kier alpha value is -1.18. The zero-order valence-corrected chi connectivity index (χ0v) is 13.5. The molecule has 2 rings (SSSR count). The molecule has 0 amide bonds. The Bertz CT molecular complexity index is 510. The van der Waals surface area contributed by atoms with E-state index in [0.29, 0.717) is 13.2 Å². The van der Waals surface area contributed by atoms with Gasteiger partial charge in [-0.2, -0.15) is 0 Å². The highest BCUT2D eigenvalue weighted by atomic mass is 79.9. The zero-order valence-electron chi connectivity index (χ0n) is 12.0. The Morgan fingerprint density at radius 2 is 2.19 bits per heavy atom. The smallest absolute Gasteiger partial charge is 0.311 e. The lowest BCUT2D eigenvalue weighted by Gasteiger charge is -2.40. The third-order valence-electron chi connectivity index (χ3n) is 3.37. The molecule has 0 aromatic heterocycles. The highest BCUT2D eigenvalue weighted by Crippen LogP contribution is 2.37.